The standard InChI is InChI=1S/C15H39NOSi3/c1-18(2,3)16(19(4,5)6)14-12-10-11-13-15-17-20(7,8)9/h10-15H2,1-9H3. The molecule has 0 aromatic heterocycles. The molecule has 0 saturated heterocycles. The normalized spacial score (nSPS) is 14.1. The second kappa shape index (κ2) is 8.27. The Labute approximate surface area is 131 Å². The molecule has 0 fully saturated rings. The lowest BCUT2D eigenvalue weighted by atomic mass is 10.2. The van der Waals surface area contributed by atoms with Crippen molar-refractivity contribution in [3.05, 3.63) is 0 Å². The molecule has 0 radical (unpaired) electrons. The molecular weight excluding hydrogens is 294 g/mol. The highest BCUT2D eigenvalue weighted by Crippen LogP contribution is 2.20. The molecule has 0 atom stereocenters. The van der Waals surface area contributed by atoms with Crippen LogP contribution in [0.25, 0.3) is 0 Å². The van der Waals surface area contributed by atoms with Crippen LogP contribution in [0.4, 0.5) is 0 Å². The van der Waals surface area contributed by atoms with Crippen molar-refractivity contribution in [1.29, 1.82) is 0 Å². The Morgan fingerprint density at radius 3 is 1.50 bits per heavy atom. The summed E-state index contributed by atoms with van der Waals surface area (Å²) in [5.74, 6) is 0. The molecule has 0 spiro atoms. The van der Waals surface area contributed by atoms with E-state index in [4.69, 9.17) is 4.43 Å². The average Bonchev–Trinajstić information content (AvgIpc) is 2.16. The van der Waals surface area contributed by atoms with Crippen LogP contribution in [0.1, 0.15) is 25.7 Å². The second-order valence-electron chi connectivity index (χ2n) is 8.87. The smallest absolute Gasteiger partial charge is 0.183 e. The minimum atomic E-state index is -1.29. The third kappa shape index (κ3) is 10.3. The Hall–Kier alpha value is 0.571. The zero-order valence-corrected chi connectivity index (χ0v) is 18.6. The van der Waals surface area contributed by atoms with Crippen molar-refractivity contribution in [2.75, 3.05) is 13.2 Å². The predicted octanol–water partition coefficient (Wildman–Crippen LogP) is 5.37. The first-order chi connectivity index (χ1) is 8.84. The van der Waals surface area contributed by atoms with Gasteiger partial charge in [0, 0.05) is 6.61 Å². The van der Waals surface area contributed by atoms with E-state index in [1.54, 1.807) is 0 Å². The van der Waals surface area contributed by atoms with Crippen LogP contribution >= 0.6 is 0 Å². The molecule has 0 aliphatic rings. The Morgan fingerprint density at radius 2 is 1.10 bits per heavy atom. The molecule has 20 heavy (non-hydrogen) atoms. The van der Waals surface area contributed by atoms with E-state index < -0.39 is 24.8 Å². The predicted molar refractivity (Wildman–Crippen MR) is 101 cm³/mol. The molecule has 0 aromatic carbocycles. The highest BCUT2D eigenvalue weighted by Gasteiger charge is 2.33. The molecule has 0 aliphatic heterocycles. The van der Waals surface area contributed by atoms with Gasteiger partial charge in [0.25, 0.3) is 0 Å². The lowest BCUT2D eigenvalue weighted by Gasteiger charge is -2.43. The molecule has 0 amide bonds. The van der Waals surface area contributed by atoms with Crippen molar-refractivity contribution in [1.82, 2.24) is 4.23 Å². The van der Waals surface area contributed by atoms with Gasteiger partial charge in [0.2, 0.25) is 0 Å². The second-order valence-corrected chi connectivity index (χ2v) is 23.6. The van der Waals surface area contributed by atoms with Crippen LogP contribution in [-0.2, 0) is 4.43 Å². The average molecular weight is 334 g/mol. The summed E-state index contributed by atoms with van der Waals surface area (Å²) in [7, 11) is -3.58. The quantitative estimate of drug-likeness (QED) is 0.393. The molecule has 5 heteroatoms. The molecule has 0 aromatic rings. The Kier molecular flexibility index (Phi) is 8.50. The highest BCUT2D eigenvalue weighted by molar-refractivity contribution is 6.89. The van der Waals surface area contributed by atoms with Gasteiger partial charge in [-0.1, -0.05) is 52.1 Å². The van der Waals surface area contributed by atoms with Crippen molar-refractivity contribution in [2.24, 2.45) is 0 Å². The maximum absolute atomic E-state index is 5.91. The number of unbranched alkanes of at least 4 members (excludes halogenated alkanes) is 3. The van der Waals surface area contributed by atoms with Crippen molar-refractivity contribution in [2.45, 2.75) is 84.6 Å². The van der Waals surface area contributed by atoms with Gasteiger partial charge < -0.3 is 8.66 Å². The van der Waals surface area contributed by atoms with Gasteiger partial charge >= 0.3 is 0 Å². The van der Waals surface area contributed by atoms with Gasteiger partial charge in [-0.15, -0.1) is 0 Å². The lowest BCUT2D eigenvalue weighted by Crippen LogP contribution is -2.59. The Balaban J connectivity index is 3.87. The van der Waals surface area contributed by atoms with Crippen LogP contribution < -0.4 is 0 Å². The van der Waals surface area contributed by atoms with Gasteiger partial charge in [0.05, 0.1) is 0 Å². The van der Waals surface area contributed by atoms with Crippen LogP contribution in [0.5, 0.6) is 0 Å². The topological polar surface area (TPSA) is 12.5 Å². The molecule has 122 valence electrons. The first-order valence-corrected chi connectivity index (χ1v) is 18.6. The SMILES string of the molecule is C[Si](C)(C)OCCCCCCN([Si](C)(C)C)[Si](C)(C)C. The van der Waals surface area contributed by atoms with E-state index in [0.717, 1.165) is 6.61 Å². The summed E-state index contributed by atoms with van der Waals surface area (Å²) in [5.41, 5.74) is 0. The van der Waals surface area contributed by atoms with Crippen LogP contribution in [0, 0.1) is 0 Å². The van der Waals surface area contributed by atoms with Crippen LogP contribution in [0.15, 0.2) is 0 Å². The minimum Gasteiger partial charge on any atom is -0.418 e. The summed E-state index contributed by atoms with van der Waals surface area (Å²) in [6.07, 6.45) is 5.29. The summed E-state index contributed by atoms with van der Waals surface area (Å²) in [6.45, 7) is 24.1. The van der Waals surface area contributed by atoms with Gasteiger partial charge in [0.1, 0.15) is 16.5 Å². The molecule has 0 N–H and O–H groups in total. The third-order valence-electron chi connectivity index (χ3n) is 3.43. The van der Waals surface area contributed by atoms with E-state index in [9.17, 15) is 0 Å². The van der Waals surface area contributed by atoms with Crippen LogP contribution in [-0.4, -0.2) is 42.2 Å². The van der Waals surface area contributed by atoms with Crippen LogP contribution in [0.2, 0.25) is 58.9 Å². The van der Waals surface area contributed by atoms with Gasteiger partial charge in [0.15, 0.2) is 8.32 Å². The van der Waals surface area contributed by atoms with E-state index in [-0.39, 0.29) is 0 Å². The van der Waals surface area contributed by atoms with E-state index in [1.165, 1.54) is 32.2 Å². The minimum absolute atomic E-state index is 0.974. The lowest BCUT2D eigenvalue weighted by molar-refractivity contribution is 0.298. The Morgan fingerprint density at radius 1 is 0.650 bits per heavy atom. The first-order valence-electron chi connectivity index (χ1n) is 8.26. The number of hydrogen-bond acceptors (Lipinski definition) is 2. The first kappa shape index (κ1) is 20.6. The number of hydrogen-bond donors (Lipinski definition) is 0. The van der Waals surface area contributed by atoms with Crippen LogP contribution in [0.3, 0.4) is 0 Å². The monoisotopic (exact) mass is 333 g/mol. The number of rotatable bonds is 10. The van der Waals surface area contributed by atoms with E-state index in [0.29, 0.717) is 0 Å². The van der Waals surface area contributed by atoms with Gasteiger partial charge in [-0.2, -0.15) is 0 Å². The van der Waals surface area contributed by atoms with E-state index >= 15 is 0 Å². The fourth-order valence-electron chi connectivity index (χ4n) is 2.78. The van der Waals surface area contributed by atoms with Crippen molar-refractivity contribution in [3.8, 4) is 0 Å². The zero-order valence-electron chi connectivity index (χ0n) is 15.6. The molecule has 0 unspecified atom stereocenters. The molecule has 0 heterocycles. The molecular formula is C15H39NOSi3. The maximum Gasteiger partial charge on any atom is 0.183 e. The summed E-state index contributed by atoms with van der Waals surface area (Å²) in [6, 6.07) is 0. The number of nitrogens with zero attached hydrogens (tertiary/aromatic N) is 1. The highest BCUT2D eigenvalue weighted by atomic mass is 28.4. The van der Waals surface area contributed by atoms with Gasteiger partial charge in [-0.3, -0.25) is 0 Å². The van der Waals surface area contributed by atoms with Gasteiger partial charge in [-0.25, -0.2) is 0 Å². The third-order valence-corrected chi connectivity index (χ3v) is 12.2. The fourth-order valence-corrected chi connectivity index (χ4v) is 13.2. The van der Waals surface area contributed by atoms with Crippen molar-refractivity contribution >= 4 is 24.8 Å². The maximum atomic E-state index is 5.91. The molecule has 0 aliphatic carbocycles. The van der Waals surface area contributed by atoms with E-state index in [2.05, 4.69) is 63.2 Å². The molecule has 0 saturated carbocycles. The summed E-state index contributed by atoms with van der Waals surface area (Å²) < 4.78 is 8.81. The van der Waals surface area contributed by atoms with Crippen molar-refractivity contribution < 1.29 is 4.43 Å². The zero-order chi connectivity index (χ0) is 16.0. The molecule has 0 bridgehead atoms. The van der Waals surface area contributed by atoms with Crippen molar-refractivity contribution in [3.63, 3.8) is 0 Å². The largest absolute Gasteiger partial charge is 0.418 e. The van der Waals surface area contributed by atoms with E-state index in [1.807, 2.05) is 0 Å². The molecule has 0 rings (SSSR count). The van der Waals surface area contributed by atoms with Gasteiger partial charge in [-0.05, 0) is 39.0 Å². The Bertz CT molecular complexity index is 250. The summed E-state index contributed by atoms with van der Waals surface area (Å²) in [5, 5.41) is 0. The fraction of sp³-hybridized carbons (Fsp3) is 1.00. The molecule has 2 nitrogen and oxygen atoms in total. The summed E-state index contributed by atoms with van der Waals surface area (Å²) >= 11 is 0. The summed E-state index contributed by atoms with van der Waals surface area (Å²) in [4.78, 5) is 0.